The molecular formula is C14H16N2O4. The van der Waals surface area contributed by atoms with Gasteiger partial charge in [0.1, 0.15) is 0 Å². The third kappa shape index (κ3) is 3.57. The maximum absolute atomic E-state index is 11.7. The number of benzene rings is 1. The van der Waals surface area contributed by atoms with E-state index in [1.807, 2.05) is 0 Å². The number of hydrogen-bond acceptors (Lipinski definition) is 3. The Kier molecular flexibility index (Phi) is 4.34. The molecule has 6 nitrogen and oxygen atoms in total. The van der Waals surface area contributed by atoms with Crippen LogP contribution in [0.25, 0.3) is 0 Å². The Balaban J connectivity index is 1.76. The lowest BCUT2D eigenvalue weighted by Crippen LogP contribution is -2.33. The zero-order valence-electron chi connectivity index (χ0n) is 10.9. The standard InChI is InChI=1S/C14H16N2O4/c17-12-7-11(8-16-12)13(18)15-6-5-9-1-3-10(4-2-9)14(19)20/h1-4,11H,5-8H2,(H,15,18)(H,16,17)(H,19,20). The van der Waals surface area contributed by atoms with Gasteiger partial charge in [-0.25, -0.2) is 4.79 Å². The van der Waals surface area contributed by atoms with Gasteiger partial charge < -0.3 is 15.7 Å². The summed E-state index contributed by atoms with van der Waals surface area (Å²) in [5.41, 5.74) is 1.20. The van der Waals surface area contributed by atoms with Crippen LogP contribution in [-0.4, -0.2) is 36.0 Å². The molecule has 0 spiro atoms. The minimum Gasteiger partial charge on any atom is -0.478 e. The number of amides is 2. The van der Waals surface area contributed by atoms with Crippen molar-refractivity contribution in [2.24, 2.45) is 5.92 Å². The molecule has 106 valence electrons. The molecule has 1 unspecified atom stereocenters. The molecule has 0 aromatic heterocycles. The Labute approximate surface area is 116 Å². The fourth-order valence-corrected chi connectivity index (χ4v) is 2.08. The smallest absolute Gasteiger partial charge is 0.335 e. The first-order valence-electron chi connectivity index (χ1n) is 6.43. The average molecular weight is 276 g/mol. The maximum atomic E-state index is 11.7. The third-order valence-electron chi connectivity index (χ3n) is 3.26. The summed E-state index contributed by atoms with van der Waals surface area (Å²) in [6.07, 6.45) is 0.874. The highest BCUT2D eigenvalue weighted by molar-refractivity contribution is 5.89. The summed E-state index contributed by atoms with van der Waals surface area (Å²) in [7, 11) is 0. The minimum atomic E-state index is -0.955. The largest absolute Gasteiger partial charge is 0.478 e. The number of carboxylic acids is 1. The summed E-state index contributed by atoms with van der Waals surface area (Å²) >= 11 is 0. The van der Waals surface area contributed by atoms with E-state index in [1.165, 1.54) is 0 Å². The van der Waals surface area contributed by atoms with Crippen LogP contribution in [0.3, 0.4) is 0 Å². The number of rotatable bonds is 5. The normalized spacial score (nSPS) is 17.6. The summed E-state index contributed by atoms with van der Waals surface area (Å²) in [5.74, 6) is -1.44. The van der Waals surface area contributed by atoms with E-state index in [4.69, 9.17) is 5.11 Å². The van der Waals surface area contributed by atoms with Crippen LogP contribution in [-0.2, 0) is 16.0 Å². The predicted molar refractivity (Wildman–Crippen MR) is 71.2 cm³/mol. The van der Waals surface area contributed by atoms with E-state index in [0.29, 0.717) is 19.5 Å². The third-order valence-corrected chi connectivity index (χ3v) is 3.26. The molecule has 1 aliphatic rings. The van der Waals surface area contributed by atoms with Crippen LogP contribution >= 0.6 is 0 Å². The first-order valence-corrected chi connectivity index (χ1v) is 6.43. The number of nitrogens with one attached hydrogen (secondary N) is 2. The van der Waals surface area contributed by atoms with Crippen molar-refractivity contribution < 1.29 is 19.5 Å². The van der Waals surface area contributed by atoms with Crippen LogP contribution in [0, 0.1) is 5.92 Å². The fourth-order valence-electron chi connectivity index (χ4n) is 2.08. The van der Waals surface area contributed by atoms with Crippen LogP contribution in [0.15, 0.2) is 24.3 Å². The van der Waals surface area contributed by atoms with Gasteiger partial charge in [-0.3, -0.25) is 9.59 Å². The second kappa shape index (κ2) is 6.18. The van der Waals surface area contributed by atoms with Gasteiger partial charge in [0.05, 0.1) is 11.5 Å². The van der Waals surface area contributed by atoms with Crippen molar-refractivity contribution in [2.75, 3.05) is 13.1 Å². The molecule has 0 radical (unpaired) electrons. The molecule has 3 N–H and O–H groups in total. The van der Waals surface area contributed by atoms with Gasteiger partial charge in [-0.2, -0.15) is 0 Å². The van der Waals surface area contributed by atoms with E-state index in [2.05, 4.69) is 10.6 Å². The fraction of sp³-hybridized carbons (Fsp3) is 0.357. The summed E-state index contributed by atoms with van der Waals surface area (Å²) < 4.78 is 0. The van der Waals surface area contributed by atoms with E-state index in [1.54, 1.807) is 24.3 Å². The molecule has 0 bridgehead atoms. The van der Waals surface area contributed by atoms with E-state index in [-0.39, 0.29) is 29.7 Å². The van der Waals surface area contributed by atoms with Crippen LogP contribution in [0.2, 0.25) is 0 Å². The number of carbonyl (C=O) groups is 3. The lowest BCUT2D eigenvalue weighted by molar-refractivity contribution is -0.126. The van der Waals surface area contributed by atoms with Gasteiger partial charge in [0.15, 0.2) is 0 Å². The van der Waals surface area contributed by atoms with E-state index in [9.17, 15) is 14.4 Å². The molecule has 1 fully saturated rings. The van der Waals surface area contributed by atoms with Gasteiger partial charge in [0, 0.05) is 19.5 Å². The number of carboxylic acid groups (broad SMARTS) is 1. The van der Waals surface area contributed by atoms with E-state index < -0.39 is 5.97 Å². The van der Waals surface area contributed by atoms with Crippen molar-refractivity contribution in [3.63, 3.8) is 0 Å². The molecule has 2 amide bonds. The van der Waals surface area contributed by atoms with Gasteiger partial charge in [-0.05, 0) is 24.1 Å². The Hall–Kier alpha value is -2.37. The van der Waals surface area contributed by atoms with Gasteiger partial charge in [-0.1, -0.05) is 12.1 Å². The monoisotopic (exact) mass is 276 g/mol. The van der Waals surface area contributed by atoms with Gasteiger partial charge in [-0.15, -0.1) is 0 Å². The molecule has 1 saturated heterocycles. The average Bonchev–Trinajstić information content (AvgIpc) is 2.86. The predicted octanol–water partition coefficient (Wildman–Crippen LogP) is 0.180. The Bertz CT molecular complexity index is 524. The number of carbonyl (C=O) groups excluding carboxylic acids is 2. The molecule has 1 aromatic rings. The van der Waals surface area contributed by atoms with Crippen molar-refractivity contribution in [2.45, 2.75) is 12.8 Å². The van der Waals surface area contributed by atoms with E-state index >= 15 is 0 Å². The zero-order valence-corrected chi connectivity index (χ0v) is 10.9. The molecule has 6 heteroatoms. The Morgan fingerprint density at radius 2 is 2.00 bits per heavy atom. The first-order chi connectivity index (χ1) is 9.56. The highest BCUT2D eigenvalue weighted by Gasteiger charge is 2.27. The molecule has 0 aliphatic carbocycles. The highest BCUT2D eigenvalue weighted by Crippen LogP contribution is 2.09. The summed E-state index contributed by atoms with van der Waals surface area (Å²) in [5, 5.41) is 14.2. The second-order valence-electron chi connectivity index (χ2n) is 4.75. The lowest BCUT2D eigenvalue weighted by atomic mass is 10.1. The molecule has 1 heterocycles. The number of aromatic carboxylic acids is 1. The van der Waals surface area contributed by atoms with Gasteiger partial charge >= 0.3 is 5.97 Å². The highest BCUT2D eigenvalue weighted by atomic mass is 16.4. The Morgan fingerprint density at radius 3 is 2.55 bits per heavy atom. The summed E-state index contributed by atoms with van der Waals surface area (Å²) in [6, 6.07) is 6.55. The van der Waals surface area contributed by atoms with E-state index in [0.717, 1.165) is 5.56 Å². The van der Waals surface area contributed by atoms with Crippen molar-refractivity contribution in [3.8, 4) is 0 Å². The lowest BCUT2D eigenvalue weighted by Gasteiger charge is -2.09. The summed E-state index contributed by atoms with van der Waals surface area (Å²) in [4.78, 5) is 33.4. The van der Waals surface area contributed by atoms with Crippen LogP contribution in [0.1, 0.15) is 22.3 Å². The second-order valence-corrected chi connectivity index (χ2v) is 4.75. The SMILES string of the molecule is O=C1CC(C(=O)NCCc2ccc(C(=O)O)cc2)CN1. The minimum absolute atomic E-state index is 0.0885. The molecule has 2 rings (SSSR count). The molecule has 1 aromatic carbocycles. The first kappa shape index (κ1) is 14.0. The van der Waals surface area contributed by atoms with Crippen molar-refractivity contribution in [1.29, 1.82) is 0 Å². The summed E-state index contributed by atoms with van der Waals surface area (Å²) in [6.45, 7) is 0.869. The van der Waals surface area contributed by atoms with Gasteiger partial charge in [0.2, 0.25) is 11.8 Å². The Morgan fingerprint density at radius 1 is 1.30 bits per heavy atom. The van der Waals surface area contributed by atoms with Crippen LogP contribution in [0.5, 0.6) is 0 Å². The molecule has 1 aliphatic heterocycles. The van der Waals surface area contributed by atoms with Crippen molar-refractivity contribution in [1.82, 2.24) is 10.6 Å². The number of hydrogen-bond donors (Lipinski definition) is 3. The molecular weight excluding hydrogens is 260 g/mol. The quantitative estimate of drug-likeness (QED) is 0.715. The van der Waals surface area contributed by atoms with Crippen LogP contribution in [0.4, 0.5) is 0 Å². The maximum Gasteiger partial charge on any atom is 0.335 e. The van der Waals surface area contributed by atoms with Gasteiger partial charge in [0.25, 0.3) is 0 Å². The molecule has 20 heavy (non-hydrogen) atoms. The van der Waals surface area contributed by atoms with Crippen LogP contribution < -0.4 is 10.6 Å². The zero-order chi connectivity index (χ0) is 14.5. The molecule has 0 saturated carbocycles. The van der Waals surface area contributed by atoms with Crippen molar-refractivity contribution >= 4 is 17.8 Å². The molecule has 1 atom stereocenters. The van der Waals surface area contributed by atoms with Crippen molar-refractivity contribution in [3.05, 3.63) is 35.4 Å². The topological polar surface area (TPSA) is 95.5 Å².